The second kappa shape index (κ2) is 12.4. The highest BCUT2D eigenvalue weighted by Gasteiger charge is 2.55. The standard InChI is InChI=1S/C29H35N8O5/c1-29(2)41-24-21(40-22(25(24)42-29)15-37-17-35-23-26(32)33-16-34-27(23)37)14-36(12-10-20(31)28(38)39-3)11-4-5-18-6-8-19(13-30)9-7-18/h4-9,15-17,20-22,24-25H,10-12,14,31H2,1-3H3,(H2,32,33,34)/q+1/b5-4+,37-15?/t20-,21+,22?,24+,25-/m0/s1. The topological polar surface area (TPSA) is 174 Å². The highest BCUT2D eigenvalue weighted by molar-refractivity contribution is 5.81. The van der Waals surface area contributed by atoms with Crippen LogP contribution in [-0.4, -0.2) is 101 Å². The van der Waals surface area contributed by atoms with Gasteiger partial charge in [-0.15, -0.1) is 0 Å². The minimum atomic E-state index is -0.791. The summed E-state index contributed by atoms with van der Waals surface area (Å²) in [5, 5.41) is 9.05. The fraction of sp³-hybridized carbons (Fsp3) is 0.448. The minimum Gasteiger partial charge on any atom is -0.468 e. The fourth-order valence-corrected chi connectivity index (χ4v) is 5.23. The molecule has 0 saturated carbocycles. The van der Waals surface area contributed by atoms with Crippen molar-refractivity contribution in [3.63, 3.8) is 0 Å². The zero-order valence-electron chi connectivity index (χ0n) is 23.8. The number of aromatic nitrogens is 2. The van der Waals surface area contributed by atoms with E-state index in [0.29, 0.717) is 48.9 Å². The number of hydrogen-bond acceptors (Lipinski definition) is 12. The molecule has 4 heterocycles. The summed E-state index contributed by atoms with van der Waals surface area (Å²) in [4.78, 5) is 26.8. The zero-order valence-corrected chi connectivity index (χ0v) is 23.8. The predicted octanol–water partition coefficient (Wildman–Crippen LogP) is 1.51. The van der Waals surface area contributed by atoms with E-state index in [1.54, 1.807) is 23.0 Å². The van der Waals surface area contributed by atoms with Crippen molar-refractivity contribution < 1.29 is 28.3 Å². The Labute approximate surface area is 244 Å². The van der Waals surface area contributed by atoms with Gasteiger partial charge in [0.15, 0.2) is 17.9 Å². The number of carbonyl (C=O) groups excluding carboxylic acids is 1. The van der Waals surface area contributed by atoms with Crippen molar-refractivity contribution in [2.45, 2.75) is 56.5 Å². The van der Waals surface area contributed by atoms with Crippen molar-refractivity contribution in [3.05, 3.63) is 47.8 Å². The molecule has 13 nitrogen and oxygen atoms in total. The zero-order chi connectivity index (χ0) is 29.9. The van der Waals surface area contributed by atoms with Crippen LogP contribution in [0.15, 0.2) is 41.7 Å². The molecule has 0 bridgehead atoms. The lowest BCUT2D eigenvalue weighted by atomic mass is 10.1. The number of carbonyl (C=O) groups is 1. The van der Waals surface area contributed by atoms with Crippen molar-refractivity contribution in [2.24, 2.45) is 10.7 Å². The number of nitriles is 1. The Balaban J connectivity index is 1.33. The number of rotatable bonds is 10. The van der Waals surface area contributed by atoms with Gasteiger partial charge in [-0.05, 0) is 38.0 Å². The van der Waals surface area contributed by atoms with Gasteiger partial charge in [0.1, 0.15) is 30.5 Å². The maximum Gasteiger partial charge on any atom is 0.322 e. The number of hydrogen-bond donors (Lipinski definition) is 2. The molecule has 0 amide bonds. The molecular formula is C29H35N8O5+. The van der Waals surface area contributed by atoms with E-state index < -0.39 is 23.9 Å². The molecule has 1 aromatic heterocycles. The first-order valence-corrected chi connectivity index (χ1v) is 13.7. The first-order valence-electron chi connectivity index (χ1n) is 13.7. The number of ether oxygens (including phenoxy) is 4. The van der Waals surface area contributed by atoms with E-state index in [2.05, 4.69) is 25.9 Å². The average Bonchev–Trinajstić information content (AvgIpc) is 3.63. The summed E-state index contributed by atoms with van der Waals surface area (Å²) in [7, 11) is 1.33. The molecule has 1 unspecified atom stereocenters. The largest absolute Gasteiger partial charge is 0.468 e. The Morgan fingerprint density at radius 3 is 2.76 bits per heavy atom. The molecule has 220 valence electrons. The third kappa shape index (κ3) is 6.53. The van der Waals surface area contributed by atoms with Crippen molar-refractivity contribution in [2.75, 3.05) is 32.5 Å². The molecule has 0 spiro atoms. The monoisotopic (exact) mass is 575 g/mol. The van der Waals surface area contributed by atoms with Gasteiger partial charge in [0.2, 0.25) is 6.34 Å². The quantitative estimate of drug-likeness (QED) is 0.310. The highest BCUT2D eigenvalue weighted by Crippen LogP contribution is 2.39. The van der Waals surface area contributed by atoms with E-state index in [9.17, 15) is 4.79 Å². The maximum atomic E-state index is 12.0. The van der Waals surface area contributed by atoms with Crippen LogP contribution in [0, 0.1) is 11.3 Å². The summed E-state index contributed by atoms with van der Waals surface area (Å²) in [6.07, 6.45) is 7.80. The van der Waals surface area contributed by atoms with Gasteiger partial charge in [0.05, 0.1) is 25.0 Å². The van der Waals surface area contributed by atoms with Crippen LogP contribution in [0.25, 0.3) is 6.08 Å². The molecule has 2 saturated heterocycles. The van der Waals surface area contributed by atoms with Crippen molar-refractivity contribution in [1.29, 1.82) is 5.26 Å². The SMILES string of the molecule is COC(=O)[C@@H](N)CCN(C/C=C/c1ccc(C#N)cc1)C[C@H]1OC(C=[N+]2C=Nc3c(N)ncnc32)[C@@H]2OC(C)(C)O[C@H]12. The molecule has 4 N–H and O–H groups in total. The number of nitrogens with two attached hydrogens (primary N) is 2. The Morgan fingerprint density at radius 2 is 2.02 bits per heavy atom. The summed E-state index contributed by atoms with van der Waals surface area (Å²) >= 11 is 0. The summed E-state index contributed by atoms with van der Waals surface area (Å²) in [5.74, 6) is -0.385. The number of fused-ring (bicyclic) bond motifs is 2. The van der Waals surface area contributed by atoms with Gasteiger partial charge in [-0.25, -0.2) is 4.58 Å². The Kier molecular flexibility index (Phi) is 8.72. The van der Waals surface area contributed by atoms with Crippen LogP contribution in [0.3, 0.4) is 0 Å². The molecule has 0 radical (unpaired) electrons. The van der Waals surface area contributed by atoms with E-state index in [1.807, 2.05) is 44.3 Å². The second-order valence-corrected chi connectivity index (χ2v) is 10.8. The number of aliphatic imine (C=N–C) groups is 1. The number of benzene rings is 1. The lowest BCUT2D eigenvalue weighted by molar-refractivity contribution is -0.295. The van der Waals surface area contributed by atoms with Gasteiger partial charge >= 0.3 is 11.8 Å². The lowest BCUT2D eigenvalue weighted by Crippen LogP contribution is -2.42. The molecule has 3 aliphatic heterocycles. The second-order valence-electron chi connectivity index (χ2n) is 10.8. The molecule has 1 aromatic carbocycles. The number of nitrogens with zero attached hydrogens (tertiary/aromatic N) is 6. The van der Waals surface area contributed by atoms with E-state index in [1.165, 1.54) is 13.4 Å². The molecular weight excluding hydrogens is 540 g/mol. The third-order valence-corrected chi connectivity index (χ3v) is 7.29. The number of esters is 1. The molecule has 42 heavy (non-hydrogen) atoms. The third-order valence-electron chi connectivity index (χ3n) is 7.29. The van der Waals surface area contributed by atoms with Crippen molar-refractivity contribution >= 4 is 41.9 Å². The van der Waals surface area contributed by atoms with Crippen LogP contribution in [0.4, 0.5) is 17.3 Å². The molecule has 5 rings (SSSR count). The number of methoxy groups -OCH3 is 1. The van der Waals surface area contributed by atoms with Gasteiger partial charge in [-0.3, -0.25) is 9.69 Å². The summed E-state index contributed by atoms with van der Waals surface area (Å²) in [5.41, 5.74) is 14.1. The van der Waals surface area contributed by atoms with E-state index in [4.69, 9.17) is 35.7 Å². The van der Waals surface area contributed by atoms with Crippen molar-refractivity contribution in [3.8, 4) is 6.07 Å². The van der Waals surface area contributed by atoms with Crippen LogP contribution >= 0.6 is 0 Å². The summed E-state index contributed by atoms with van der Waals surface area (Å²) < 4.78 is 25.7. The first-order chi connectivity index (χ1) is 20.2. The molecule has 0 aliphatic carbocycles. The van der Waals surface area contributed by atoms with E-state index in [0.717, 1.165) is 5.56 Å². The average molecular weight is 576 g/mol. The van der Waals surface area contributed by atoms with Crippen molar-refractivity contribution in [1.82, 2.24) is 14.9 Å². The molecule has 2 fully saturated rings. The van der Waals surface area contributed by atoms with Gasteiger partial charge in [-0.1, -0.05) is 34.3 Å². The fourth-order valence-electron chi connectivity index (χ4n) is 5.23. The van der Waals surface area contributed by atoms with Gasteiger partial charge in [-0.2, -0.15) is 10.2 Å². The van der Waals surface area contributed by atoms with E-state index in [-0.39, 0.29) is 18.3 Å². The molecule has 2 aromatic rings. The molecule has 13 heteroatoms. The van der Waals surface area contributed by atoms with Gasteiger partial charge in [0, 0.05) is 19.6 Å². The predicted molar refractivity (Wildman–Crippen MR) is 154 cm³/mol. The summed E-state index contributed by atoms with van der Waals surface area (Å²) in [6.45, 7) is 5.34. The van der Waals surface area contributed by atoms with Gasteiger partial charge < -0.3 is 30.4 Å². The number of anilines is 1. The Bertz CT molecular complexity index is 1430. The smallest absolute Gasteiger partial charge is 0.322 e. The van der Waals surface area contributed by atoms with Crippen LogP contribution < -0.4 is 11.5 Å². The van der Waals surface area contributed by atoms with Crippen LogP contribution in [-0.2, 0) is 23.7 Å². The van der Waals surface area contributed by atoms with E-state index >= 15 is 0 Å². The van der Waals surface area contributed by atoms with Gasteiger partial charge in [0.25, 0.3) is 5.69 Å². The normalized spacial score (nSPS) is 25.6. The lowest BCUT2D eigenvalue weighted by Gasteiger charge is -2.28. The summed E-state index contributed by atoms with van der Waals surface area (Å²) in [6, 6.07) is 8.72. The van der Waals surface area contributed by atoms with Crippen LogP contribution in [0.1, 0.15) is 31.4 Å². The van der Waals surface area contributed by atoms with Crippen LogP contribution in [0.2, 0.25) is 0 Å². The Hall–Kier alpha value is -4.06. The maximum absolute atomic E-state index is 12.0. The van der Waals surface area contributed by atoms with Crippen LogP contribution in [0.5, 0.6) is 0 Å². The first kappa shape index (κ1) is 29.4. The molecule has 5 atom stereocenters. The highest BCUT2D eigenvalue weighted by atomic mass is 16.8. The number of nitrogen functional groups attached to an aromatic ring is 1. The molecule has 3 aliphatic rings. The minimum absolute atomic E-state index is 0.298. The Morgan fingerprint density at radius 1 is 1.26 bits per heavy atom.